The number of hydrogen-bond acceptors (Lipinski definition) is 22. The first-order chi connectivity index (χ1) is 39.6. The highest BCUT2D eigenvalue weighted by atomic mass is 32.3. The van der Waals surface area contributed by atoms with Gasteiger partial charge in [0.1, 0.15) is 61.0 Å². The van der Waals surface area contributed by atoms with E-state index in [2.05, 4.69) is 17.3 Å². The zero-order chi connectivity index (χ0) is 63.1. The molecular weight excluding hydrogens is 1120 g/mol. The average molecular weight is 1220 g/mol. The fourth-order valence-electron chi connectivity index (χ4n) is 9.59. The number of aliphatic hydroxyl groups excluding tert-OH is 17. The van der Waals surface area contributed by atoms with Crippen LogP contribution in [0, 0.1) is 5.92 Å². The van der Waals surface area contributed by atoms with Crippen molar-refractivity contribution in [1.29, 1.82) is 0 Å². The molecule has 0 radical (unpaired) electrons. The minimum atomic E-state index is -4.46. The monoisotopic (exact) mass is 1220 g/mol. The van der Waals surface area contributed by atoms with E-state index in [0.717, 1.165) is 12.8 Å². The van der Waals surface area contributed by atoms with Gasteiger partial charge in [0.2, 0.25) is 0 Å². The van der Waals surface area contributed by atoms with Gasteiger partial charge in [-0.3, -0.25) is 4.55 Å². The third kappa shape index (κ3) is 29.2. The lowest BCUT2D eigenvalue weighted by Gasteiger charge is -2.42. The van der Waals surface area contributed by atoms with Gasteiger partial charge in [0.05, 0.1) is 73.8 Å². The Balaban J connectivity index is 1.84. The Hall–Kier alpha value is -3.23. The Morgan fingerprint density at radius 3 is 1.79 bits per heavy atom. The number of unbranched alkanes of at least 4 members (excludes halogenated alkanes) is 5. The molecule has 0 aromatic rings. The predicted octanol–water partition coefficient (Wildman–Crippen LogP) is 0.769. The van der Waals surface area contributed by atoms with Gasteiger partial charge >= 0.3 is 10.4 Å². The van der Waals surface area contributed by atoms with Gasteiger partial charge in [-0.1, -0.05) is 111 Å². The maximum Gasteiger partial charge on any atom is 0.397 e. The summed E-state index contributed by atoms with van der Waals surface area (Å²) in [6, 6.07) is 0. The largest absolute Gasteiger partial charge is 0.397 e. The molecule has 2 heterocycles. The van der Waals surface area contributed by atoms with Crippen LogP contribution in [-0.2, 0) is 24.1 Å². The highest BCUT2D eigenvalue weighted by Crippen LogP contribution is 2.32. The number of ether oxygens (including phenoxy) is 2. The van der Waals surface area contributed by atoms with Crippen molar-refractivity contribution in [2.75, 3.05) is 6.61 Å². The fraction of sp³-hybridized carbons (Fsp3) is 0.700. The van der Waals surface area contributed by atoms with Crippen molar-refractivity contribution >= 4 is 10.4 Å². The summed E-state index contributed by atoms with van der Waals surface area (Å²) in [7, 11) is -4.46. The molecule has 0 aliphatic carbocycles. The zero-order valence-electron chi connectivity index (χ0n) is 48.4. The second-order valence-electron chi connectivity index (χ2n) is 22.1. The zero-order valence-corrected chi connectivity index (χ0v) is 49.2. The Morgan fingerprint density at radius 2 is 1.17 bits per heavy atom. The Bertz CT molecular complexity index is 2170. The van der Waals surface area contributed by atoms with Gasteiger partial charge < -0.3 is 96.3 Å². The van der Waals surface area contributed by atoms with E-state index in [1.807, 2.05) is 42.5 Å². The first-order valence-electron chi connectivity index (χ1n) is 29.0. The molecule has 0 amide bonds. The summed E-state index contributed by atoms with van der Waals surface area (Å²) in [6.07, 6.45) is -3.24. The Labute approximate surface area is 495 Å². The molecule has 0 aromatic carbocycles. The van der Waals surface area contributed by atoms with E-state index in [-0.39, 0.29) is 70.0 Å². The third-order valence-electron chi connectivity index (χ3n) is 15.0. The SMILES string of the molecule is C=CCC/C=C/C=C/C=C/CC/C=C/[C@H](O)[C@@H](O)[C@H]1O[C@@H]([C@@H](O)[C@@H](O)C(=C)CC[C@@H](O)[C@H]2C[C@@H](O)[C@H](O)[C@@H]([C@@H](O)[C@@H](O)/C=C(\C)CC[C@@H](O)C[C@@H](O)[C@@H](O)[C@H](C)[C@H](O)[C@H](O)C/C=C/C[C@@H](O)/C=C/CCCCCOS(=O)(=O)O)O2)C[C@@H](O)[C@@H]1O. The van der Waals surface area contributed by atoms with Crippen LogP contribution in [0.1, 0.15) is 123 Å². The molecular formula is C60H100O23S. The van der Waals surface area contributed by atoms with Gasteiger partial charge in [0, 0.05) is 25.2 Å². The lowest BCUT2D eigenvalue weighted by molar-refractivity contribution is -0.234. The summed E-state index contributed by atoms with van der Waals surface area (Å²) in [5.41, 5.74) is 0.448. The quantitative estimate of drug-likeness (QED) is 0.0174. The second-order valence-corrected chi connectivity index (χ2v) is 23.2. The summed E-state index contributed by atoms with van der Waals surface area (Å²) in [5.74, 6) is -1.04. The molecule has 2 saturated heterocycles. The normalized spacial score (nSPS) is 27.5. The molecule has 2 aliphatic heterocycles. The molecule has 84 heavy (non-hydrogen) atoms. The molecule has 0 spiro atoms. The number of aliphatic hydroxyl groups is 17. The van der Waals surface area contributed by atoms with Crippen LogP contribution < -0.4 is 0 Å². The van der Waals surface area contributed by atoms with Crippen LogP contribution in [-0.4, -0.2) is 235 Å². The highest BCUT2D eigenvalue weighted by Gasteiger charge is 2.47. The molecule has 24 heteroatoms. The van der Waals surface area contributed by atoms with E-state index in [9.17, 15) is 95.2 Å². The average Bonchev–Trinajstić information content (AvgIpc) is 3.20. The smallest absolute Gasteiger partial charge is 0.393 e. The first kappa shape index (κ1) is 76.9. The van der Waals surface area contributed by atoms with E-state index in [4.69, 9.17) is 14.0 Å². The molecule has 0 saturated carbocycles. The topological polar surface area (TPSA) is 426 Å². The van der Waals surface area contributed by atoms with E-state index in [1.54, 1.807) is 37.3 Å². The van der Waals surface area contributed by atoms with E-state index >= 15 is 0 Å². The number of hydrogen-bond donors (Lipinski definition) is 18. The molecule has 2 fully saturated rings. The van der Waals surface area contributed by atoms with Gasteiger partial charge in [-0.2, -0.15) is 8.42 Å². The van der Waals surface area contributed by atoms with Crippen molar-refractivity contribution in [1.82, 2.24) is 0 Å². The maximum absolute atomic E-state index is 11.2. The van der Waals surface area contributed by atoms with Crippen LogP contribution in [0.4, 0.5) is 0 Å². The fourth-order valence-corrected chi connectivity index (χ4v) is 9.92. The molecule has 0 unspecified atom stereocenters. The van der Waals surface area contributed by atoms with Gasteiger partial charge in [-0.15, -0.1) is 6.58 Å². The molecule has 22 atom stereocenters. The molecule has 0 bridgehead atoms. The summed E-state index contributed by atoms with van der Waals surface area (Å²) >= 11 is 0. The van der Waals surface area contributed by atoms with Crippen molar-refractivity contribution in [2.24, 2.45) is 5.92 Å². The summed E-state index contributed by atoms with van der Waals surface area (Å²) < 4.78 is 45.5. The van der Waals surface area contributed by atoms with Gasteiger partial charge in [-0.25, -0.2) is 4.18 Å². The van der Waals surface area contributed by atoms with Crippen LogP contribution in [0.3, 0.4) is 0 Å². The minimum Gasteiger partial charge on any atom is -0.393 e. The van der Waals surface area contributed by atoms with Crippen LogP contribution in [0.25, 0.3) is 0 Å². The van der Waals surface area contributed by atoms with Crippen molar-refractivity contribution in [3.05, 3.63) is 109 Å². The van der Waals surface area contributed by atoms with Crippen molar-refractivity contribution < 1.29 is 113 Å². The van der Waals surface area contributed by atoms with E-state index in [1.165, 1.54) is 19.1 Å². The first-order valence-corrected chi connectivity index (χ1v) is 30.4. The lowest BCUT2D eigenvalue weighted by atomic mass is 9.86. The lowest BCUT2D eigenvalue weighted by Crippen LogP contribution is -2.59. The number of allylic oxidation sites excluding steroid dienone is 10. The van der Waals surface area contributed by atoms with Gasteiger partial charge in [0.25, 0.3) is 0 Å². The highest BCUT2D eigenvalue weighted by molar-refractivity contribution is 7.80. The molecule has 0 aromatic heterocycles. The second kappa shape index (κ2) is 41.1. The third-order valence-corrected chi connectivity index (χ3v) is 15.4. The van der Waals surface area contributed by atoms with E-state index in [0.29, 0.717) is 44.1 Å². The van der Waals surface area contributed by atoms with Crippen LogP contribution in [0.15, 0.2) is 109 Å². The molecule has 18 N–H and O–H groups in total. The minimum absolute atomic E-state index is 0.000684. The Kier molecular flexibility index (Phi) is 37.6. The van der Waals surface area contributed by atoms with Gasteiger partial charge in [0.15, 0.2) is 0 Å². The number of rotatable bonds is 42. The standard InChI is InChI=1S/C60H100O23S/c1-5-6-7-8-9-10-11-12-13-14-17-20-26-44(65)54(73)59-57(76)48(69)36-50(83-59)58(77)51(70)38(3)29-31-42(63)49-35-47(68)56(75)60(82-49)55(74)45(66)33-37(2)28-30-41(62)34-46(67)53(72)39(4)52(71)43(64)27-22-21-25-40(61)24-19-16-15-18-23-32-81-84(78,79)80/h5,8-13,19-22,24,26,33,39-77H,1,3,6-7,14-18,23,25,27-32,34-36H2,2,4H3,(H,78,79,80)/b9-8+,11-10+,13-12+,22-21+,24-19+,26-20+,37-33+/t39-,40+,41-,42-,43-,44+,45+,46-,47-,48-,49-,50-,51+,52+,53+,54-,55+,56+,57+,58-,59-,60-/m1/s1. The molecule has 23 nitrogen and oxygen atoms in total. The molecule has 484 valence electrons. The van der Waals surface area contributed by atoms with Crippen molar-refractivity contribution in [2.45, 2.75) is 251 Å². The van der Waals surface area contributed by atoms with Gasteiger partial charge in [-0.05, 0) is 96.0 Å². The summed E-state index contributed by atoms with van der Waals surface area (Å²) in [5, 5.41) is 184. The summed E-state index contributed by atoms with van der Waals surface area (Å²) in [4.78, 5) is 0. The van der Waals surface area contributed by atoms with Crippen molar-refractivity contribution in [3.63, 3.8) is 0 Å². The van der Waals surface area contributed by atoms with Crippen molar-refractivity contribution in [3.8, 4) is 0 Å². The van der Waals surface area contributed by atoms with E-state index < -0.39 is 145 Å². The molecule has 2 rings (SSSR count). The maximum atomic E-state index is 11.2. The Morgan fingerprint density at radius 1 is 0.619 bits per heavy atom. The molecule has 2 aliphatic rings. The predicted molar refractivity (Wildman–Crippen MR) is 313 cm³/mol. The van der Waals surface area contributed by atoms with Crippen LogP contribution in [0.5, 0.6) is 0 Å². The van der Waals surface area contributed by atoms with Crippen LogP contribution in [0.2, 0.25) is 0 Å². The van der Waals surface area contributed by atoms with Crippen LogP contribution >= 0.6 is 0 Å². The summed E-state index contributed by atoms with van der Waals surface area (Å²) in [6.45, 7) is 10.4.